The Labute approximate surface area is 146 Å². The average molecular weight is 345 g/mol. The number of esters is 1. The maximum absolute atomic E-state index is 11.9. The molecule has 0 fully saturated rings. The van der Waals surface area contributed by atoms with Crippen LogP contribution in [0.25, 0.3) is 10.8 Å². The molecule has 0 aliphatic heterocycles. The smallest absolute Gasteiger partial charge is 0.412 e. The van der Waals surface area contributed by atoms with Gasteiger partial charge < -0.3 is 14.8 Å². The van der Waals surface area contributed by atoms with Crippen molar-refractivity contribution >= 4 is 28.7 Å². The second-order valence-electron chi connectivity index (χ2n) is 5.59. The topological polar surface area (TPSA) is 89.5 Å². The zero-order chi connectivity index (χ0) is 18.1. The van der Waals surface area contributed by atoms with Gasteiger partial charge in [0.1, 0.15) is 12.4 Å². The lowest BCUT2D eigenvalue weighted by atomic mass is 10.1. The Balaban J connectivity index is 1.79. The number of hydrogen-bond acceptors (Lipinski definition) is 6. The van der Waals surface area contributed by atoms with Crippen LogP contribution < -0.4 is 10.6 Å². The number of carbonyl (C=O) groups is 2. The van der Waals surface area contributed by atoms with E-state index in [1.54, 1.807) is 19.3 Å². The largest absolute Gasteiger partial charge is 0.469 e. The third-order valence-corrected chi connectivity index (χ3v) is 3.85. The van der Waals surface area contributed by atoms with Gasteiger partial charge in [0, 0.05) is 24.0 Å². The second kappa shape index (κ2) is 9.58. The van der Waals surface area contributed by atoms with Crippen LogP contribution in [0, 0.1) is 0 Å². The zero-order valence-electron chi connectivity index (χ0n) is 14.5. The molecule has 0 saturated heterocycles. The molecule has 1 atom stereocenters. The van der Waals surface area contributed by atoms with E-state index in [-0.39, 0.29) is 18.6 Å². The van der Waals surface area contributed by atoms with Crippen LogP contribution in [0.5, 0.6) is 0 Å². The summed E-state index contributed by atoms with van der Waals surface area (Å²) in [5.41, 5.74) is 0. The molecule has 25 heavy (non-hydrogen) atoms. The Morgan fingerprint density at radius 1 is 1.24 bits per heavy atom. The van der Waals surface area contributed by atoms with Gasteiger partial charge in [0.15, 0.2) is 0 Å². The monoisotopic (exact) mass is 345 g/mol. The number of likely N-dealkylation sites (N-methyl/N-ethyl adjacent to an activating group) is 1. The number of nitrogens with zero attached hydrogens (tertiary/aromatic N) is 1. The van der Waals surface area contributed by atoms with Crippen LogP contribution in [0.1, 0.15) is 19.3 Å². The lowest BCUT2D eigenvalue weighted by Crippen LogP contribution is -2.32. The minimum atomic E-state index is -0.559. The maximum atomic E-state index is 11.9. The predicted octanol–water partition coefficient (Wildman–Crippen LogP) is 2.71. The van der Waals surface area contributed by atoms with Crippen molar-refractivity contribution < 1.29 is 19.1 Å². The van der Waals surface area contributed by atoms with Crippen molar-refractivity contribution in [1.29, 1.82) is 0 Å². The van der Waals surface area contributed by atoms with Crippen molar-refractivity contribution in [3.8, 4) is 0 Å². The van der Waals surface area contributed by atoms with Crippen molar-refractivity contribution in [1.82, 2.24) is 10.3 Å². The van der Waals surface area contributed by atoms with E-state index in [0.29, 0.717) is 25.1 Å². The van der Waals surface area contributed by atoms with E-state index in [1.165, 1.54) is 7.11 Å². The molecule has 0 bridgehead atoms. The van der Waals surface area contributed by atoms with Crippen molar-refractivity contribution in [2.45, 2.75) is 25.3 Å². The molecule has 0 aliphatic rings. The Kier molecular flexibility index (Phi) is 7.16. The maximum Gasteiger partial charge on any atom is 0.412 e. The molecular formula is C18H23N3O4. The molecule has 2 rings (SSSR count). The van der Waals surface area contributed by atoms with Crippen molar-refractivity contribution in [3.05, 3.63) is 36.5 Å². The van der Waals surface area contributed by atoms with Crippen molar-refractivity contribution in [2.75, 3.05) is 26.1 Å². The Morgan fingerprint density at radius 3 is 2.72 bits per heavy atom. The summed E-state index contributed by atoms with van der Waals surface area (Å²) in [5, 5.41) is 7.68. The van der Waals surface area contributed by atoms with Gasteiger partial charge >= 0.3 is 12.1 Å². The first kappa shape index (κ1) is 18.7. The van der Waals surface area contributed by atoms with E-state index in [0.717, 1.165) is 10.8 Å². The highest BCUT2D eigenvalue weighted by Crippen LogP contribution is 2.16. The van der Waals surface area contributed by atoms with Crippen LogP contribution in [0.3, 0.4) is 0 Å². The third-order valence-electron chi connectivity index (χ3n) is 3.85. The van der Waals surface area contributed by atoms with Gasteiger partial charge in [0.05, 0.1) is 7.11 Å². The summed E-state index contributed by atoms with van der Waals surface area (Å²) in [6.45, 7) is 0.205. The van der Waals surface area contributed by atoms with E-state index >= 15 is 0 Å². The zero-order valence-corrected chi connectivity index (χ0v) is 14.5. The number of pyridine rings is 1. The van der Waals surface area contributed by atoms with Gasteiger partial charge in [-0.25, -0.2) is 9.78 Å². The first-order valence-electron chi connectivity index (χ1n) is 8.15. The fourth-order valence-electron chi connectivity index (χ4n) is 2.37. The molecule has 134 valence electrons. The third kappa shape index (κ3) is 6.04. The number of aromatic nitrogens is 1. The van der Waals surface area contributed by atoms with E-state index in [2.05, 4.69) is 20.4 Å². The van der Waals surface area contributed by atoms with Crippen LogP contribution in [0.2, 0.25) is 0 Å². The number of fused-ring (bicyclic) bond motifs is 1. The SMILES string of the molecule is CNC(CCCC(=O)OC)COC(=O)Nc1cc2ccccc2cn1. The number of nitrogens with one attached hydrogen (secondary N) is 2. The average Bonchev–Trinajstić information content (AvgIpc) is 2.64. The molecule has 2 N–H and O–H groups in total. The summed E-state index contributed by atoms with van der Waals surface area (Å²) in [4.78, 5) is 27.2. The molecule has 1 aromatic heterocycles. The summed E-state index contributed by atoms with van der Waals surface area (Å²) >= 11 is 0. The minimum absolute atomic E-state index is 0.0278. The molecule has 1 amide bonds. The molecule has 1 unspecified atom stereocenters. The number of anilines is 1. The van der Waals surface area contributed by atoms with Crippen LogP contribution in [0.4, 0.5) is 10.6 Å². The lowest BCUT2D eigenvalue weighted by Gasteiger charge is -2.16. The van der Waals surface area contributed by atoms with Crippen molar-refractivity contribution in [2.24, 2.45) is 0 Å². The van der Waals surface area contributed by atoms with Gasteiger partial charge in [0.25, 0.3) is 0 Å². The lowest BCUT2D eigenvalue weighted by molar-refractivity contribution is -0.140. The van der Waals surface area contributed by atoms with Gasteiger partial charge in [0.2, 0.25) is 0 Å². The number of methoxy groups -OCH3 is 1. The highest BCUT2D eigenvalue weighted by Gasteiger charge is 2.12. The standard InChI is InChI=1S/C18H23N3O4/c1-19-15(8-5-9-17(22)24-2)12-25-18(23)21-16-10-13-6-3-4-7-14(13)11-20-16/h3-4,6-7,10-11,15,19H,5,8-9,12H2,1-2H3,(H,20,21,23). The van der Waals surface area contributed by atoms with E-state index in [4.69, 9.17) is 4.74 Å². The van der Waals surface area contributed by atoms with Gasteiger partial charge in [-0.1, -0.05) is 24.3 Å². The molecule has 2 aromatic rings. The van der Waals surface area contributed by atoms with Crippen LogP contribution >= 0.6 is 0 Å². The quantitative estimate of drug-likeness (QED) is 0.715. The highest BCUT2D eigenvalue weighted by atomic mass is 16.5. The number of hydrogen-bond donors (Lipinski definition) is 2. The number of amides is 1. The molecule has 1 heterocycles. The minimum Gasteiger partial charge on any atom is -0.469 e. The van der Waals surface area contributed by atoms with Gasteiger partial charge in [-0.3, -0.25) is 10.1 Å². The normalized spacial score (nSPS) is 11.8. The first-order chi connectivity index (χ1) is 12.1. The number of benzene rings is 1. The highest BCUT2D eigenvalue weighted by molar-refractivity contribution is 5.89. The summed E-state index contributed by atoms with van der Waals surface area (Å²) in [6, 6.07) is 9.53. The molecule has 0 spiro atoms. The molecule has 7 nitrogen and oxygen atoms in total. The Hall–Kier alpha value is -2.67. The molecule has 0 radical (unpaired) electrons. The van der Waals surface area contributed by atoms with Crippen LogP contribution in [-0.2, 0) is 14.3 Å². The van der Waals surface area contributed by atoms with Crippen LogP contribution in [0.15, 0.2) is 36.5 Å². The van der Waals surface area contributed by atoms with E-state index in [1.807, 2.05) is 24.3 Å². The predicted molar refractivity (Wildman–Crippen MR) is 95.4 cm³/mol. The molecule has 1 aromatic carbocycles. The van der Waals surface area contributed by atoms with E-state index < -0.39 is 6.09 Å². The summed E-state index contributed by atoms with van der Waals surface area (Å²) in [7, 11) is 3.15. The molecule has 0 aliphatic carbocycles. The van der Waals surface area contributed by atoms with Crippen molar-refractivity contribution in [3.63, 3.8) is 0 Å². The fourth-order valence-corrected chi connectivity index (χ4v) is 2.37. The fraction of sp³-hybridized carbons (Fsp3) is 0.389. The number of carbonyl (C=O) groups excluding carboxylic acids is 2. The second-order valence-corrected chi connectivity index (χ2v) is 5.59. The van der Waals surface area contributed by atoms with E-state index in [9.17, 15) is 9.59 Å². The molecular weight excluding hydrogens is 322 g/mol. The Morgan fingerprint density at radius 2 is 2.00 bits per heavy atom. The van der Waals surface area contributed by atoms with Crippen LogP contribution in [-0.4, -0.2) is 43.9 Å². The molecule has 7 heteroatoms. The number of rotatable bonds is 8. The van der Waals surface area contributed by atoms with Gasteiger partial charge in [-0.2, -0.15) is 0 Å². The first-order valence-corrected chi connectivity index (χ1v) is 8.15. The number of ether oxygens (including phenoxy) is 2. The van der Waals surface area contributed by atoms with Gasteiger partial charge in [-0.05, 0) is 31.3 Å². The Bertz CT molecular complexity index is 720. The van der Waals surface area contributed by atoms with Gasteiger partial charge in [-0.15, -0.1) is 0 Å². The summed E-state index contributed by atoms with van der Waals surface area (Å²) in [6.07, 6.45) is 2.86. The summed E-state index contributed by atoms with van der Waals surface area (Å²) < 4.78 is 9.83. The summed E-state index contributed by atoms with van der Waals surface area (Å²) in [5.74, 6) is 0.200. The molecule has 0 saturated carbocycles.